The number of aryl methyl sites for hydroxylation is 1. The van der Waals surface area contributed by atoms with Gasteiger partial charge in [-0.2, -0.15) is 10.4 Å². The number of hydrogen-bond acceptors (Lipinski definition) is 8. The first-order valence-electron chi connectivity index (χ1n) is 8.90. The molecule has 29 heavy (non-hydrogen) atoms. The van der Waals surface area contributed by atoms with Crippen molar-refractivity contribution in [2.45, 2.75) is 20.4 Å². The van der Waals surface area contributed by atoms with Gasteiger partial charge in [-0.25, -0.2) is 15.5 Å². The molecular weight excluding hydrogens is 364 g/mol. The Hall–Kier alpha value is -4.12. The summed E-state index contributed by atoms with van der Waals surface area (Å²) in [5.41, 5.74) is 18.7. The molecule has 2 aromatic heterocycles. The molecule has 0 aliphatic rings. The monoisotopic (exact) mass is 384 g/mol. The Morgan fingerprint density at radius 3 is 2.72 bits per heavy atom. The highest BCUT2D eigenvalue weighted by atomic mass is 15.1. The van der Waals surface area contributed by atoms with Gasteiger partial charge in [0.2, 0.25) is 5.95 Å². The van der Waals surface area contributed by atoms with E-state index in [0.717, 1.165) is 22.5 Å². The van der Waals surface area contributed by atoms with Crippen LogP contribution in [0.25, 0.3) is 17.0 Å². The van der Waals surface area contributed by atoms with Gasteiger partial charge in [0.1, 0.15) is 5.70 Å². The summed E-state index contributed by atoms with van der Waals surface area (Å²) < 4.78 is 0. The van der Waals surface area contributed by atoms with Crippen molar-refractivity contribution in [3.8, 4) is 17.3 Å². The molecule has 0 saturated heterocycles. The molecule has 0 spiro atoms. The van der Waals surface area contributed by atoms with Gasteiger partial charge in [0, 0.05) is 17.5 Å². The van der Waals surface area contributed by atoms with Crippen molar-refractivity contribution in [1.82, 2.24) is 20.3 Å². The number of nitrogens with two attached hydrogens (primary N) is 1. The molecule has 0 aliphatic heterocycles. The van der Waals surface area contributed by atoms with Gasteiger partial charge >= 0.3 is 0 Å². The predicted octanol–water partition coefficient (Wildman–Crippen LogP) is 3.73. The van der Waals surface area contributed by atoms with Crippen molar-refractivity contribution in [2.75, 3.05) is 5.73 Å². The summed E-state index contributed by atoms with van der Waals surface area (Å²) in [6.45, 7) is 4.27. The number of anilines is 1. The van der Waals surface area contributed by atoms with Crippen LogP contribution in [0.3, 0.4) is 0 Å². The third-order valence-corrected chi connectivity index (χ3v) is 4.32. The van der Waals surface area contributed by atoms with Gasteiger partial charge in [-0.15, -0.1) is 0 Å². The third kappa shape index (κ3) is 4.59. The Morgan fingerprint density at radius 2 is 2.00 bits per heavy atom. The lowest BCUT2D eigenvalue weighted by Crippen LogP contribution is -2.08. The van der Waals surface area contributed by atoms with Gasteiger partial charge in [-0.3, -0.25) is 4.98 Å². The van der Waals surface area contributed by atoms with Gasteiger partial charge in [-0.05, 0) is 43.7 Å². The summed E-state index contributed by atoms with van der Waals surface area (Å²) in [6.07, 6.45) is 1.60. The molecular formula is C21H20N8. The summed E-state index contributed by atoms with van der Waals surface area (Å²) in [7, 11) is 0. The average Bonchev–Trinajstić information content (AvgIpc) is 2.71. The SMILES string of the molecule is Cc1cccc(CN/C=C(\N=N)c2cc(-c3cccc(C#N)c3C)nc(N)n2)n1. The van der Waals surface area contributed by atoms with Crippen LogP contribution in [0.1, 0.15) is 28.2 Å². The minimum Gasteiger partial charge on any atom is -0.383 e. The van der Waals surface area contributed by atoms with Crippen molar-refractivity contribution in [3.63, 3.8) is 0 Å². The molecule has 0 unspecified atom stereocenters. The van der Waals surface area contributed by atoms with E-state index >= 15 is 0 Å². The van der Waals surface area contributed by atoms with E-state index in [9.17, 15) is 5.26 Å². The van der Waals surface area contributed by atoms with Crippen molar-refractivity contribution in [1.29, 1.82) is 10.8 Å². The molecule has 8 nitrogen and oxygen atoms in total. The van der Waals surface area contributed by atoms with Crippen molar-refractivity contribution in [3.05, 3.63) is 76.9 Å². The average molecular weight is 384 g/mol. The first-order chi connectivity index (χ1) is 14.0. The van der Waals surface area contributed by atoms with Crippen molar-refractivity contribution in [2.24, 2.45) is 5.11 Å². The van der Waals surface area contributed by atoms with Crippen LogP contribution < -0.4 is 11.1 Å². The van der Waals surface area contributed by atoms with E-state index in [1.807, 2.05) is 38.1 Å². The molecule has 0 fully saturated rings. The van der Waals surface area contributed by atoms with Crippen LogP contribution in [0.4, 0.5) is 5.95 Å². The fraction of sp³-hybridized carbons (Fsp3) is 0.143. The molecule has 2 heterocycles. The number of pyridine rings is 1. The van der Waals surface area contributed by atoms with Gasteiger partial charge < -0.3 is 11.1 Å². The first-order valence-corrected chi connectivity index (χ1v) is 8.90. The third-order valence-electron chi connectivity index (χ3n) is 4.32. The maximum atomic E-state index is 9.26. The molecule has 144 valence electrons. The predicted molar refractivity (Wildman–Crippen MR) is 110 cm³/mol. The standard InChI is InChI=1S/C21H20N8/c1-13-5-3-7-16(26-13)11-25-12-20(29-24)19-9-18(27-21(23)28-19)17-8-4-6-15(10-22)14(17)2/h3-9,12,24-25H,11H2,1-2H3,(H2,23,27,28)/b20-12-,29-24?. The molecule has 4 N–H and O–H groups in total. The molecule has 3 aromatic rings. The number of hydrogen-bond donors (Lipinski definition) is 3. The second-order valence-corrected chi connectivity index (χ2v) is 6.38. The number of nitrogen functional groups attached to an aromatic ring is 1. The zero-order valence-corrected chi connectivity index (χ0v) is 16.1. The van der Waals surface area contributed by atoms with Gasteiger partial charge in [0.25, 0.3) is 0 Å². The van der Waals surface area contributed by atoms with Gasteiger partial charge in [-0.1, -0.05) is 18.2 Å². The second kappa shape index (κ2) is 8.71. The summed E-state index contributed by atoms with van der Waals surface area (Å²) in [6, 6.07) is 15.1. The van der Waals surface area contributed by atoms with Gasteiger partial charge in [0.05, 0.1) is 35.3 Å². The van der Waals surface area contributed by atoms with Crippen LogP contribution in [-0.2, 0) is 6.54 Å². The van der Waals surface area contributed by atoms with E-state index in [4.69, 9.17) is 11.3 Å². The lowest BCUT2D eigenvalue weighted by molar-refractivity contribution is 0.827. The largest absolute Gasteiger partial charge is 0.383 e. The van der Waals surface area contributed by atoms with Crippen LogP contribution in [0.5, 0.6) is 0 Å². The maximum absolute atomic E-state index is 9.26. The molecule has 0 bridgehead atoms. The lowest BCUT2D eigenvalue weighted by Gasteiger charge is -2.10. The first kappa shape index (κ1) is 19.6. The van der Waals surface area contributed by atoms with Crippen LogP contribution in [0.15, 0.2) is 53.8 Å². The van der Waals surface area contributed by atoms with Crippen LogP contribution >= 0.6 is 0 Å². The minimum absolute atomic E-state index is 0.0640. The van der Waals surface area contributed by atoms with Crippen LogP contribution in [-0.4, -0.2) is 15.0 Å². The Balaban J connectivity index is 1.91. The zero-order chi connectivity index (χ0) is 20.8. The number of nitriles is 1. The highest BCUT2D eigenvalue weighted by molar-refractivity contribution is 5.71. The topological polar surface area (TPSA) is 137 Å². The second-order valence-electron chi connectivity index (χ2n) is 6.38. The van der Waals surface area contributed by atoms with E-state index in [1.54, 1.807) is 24.4 Å². The maximum Gasteiger partial charge on any atom is 0.221 e. The molecule has 0 amide bonds. The number of aromatic nitrogens is 3. The van der Waals surface area contributed by atoms with E-state index in [0.29, 0.717) is 29.2 Å². The summed E-state index contributed by atoms with van der Waals surface area (Å²) in [4.78, 5) is 12.9. The van der Waals surface area contributed by atoms with E-state index in [1.165, 1.54) is 0 Å². The summed E-state index contributed by atoms with van der Waals surface area (Å²) >= 11 is 0. The normalized spacial score (nSPS) is 11.0. The van der Waals surface area contributed by atoms with E-state index in [-0.39, 0.29) is 5.95 Å². The summed E-state index contributed by atoms with van der Waals surface area (Å²) in [5, 5.41) is 15.9. The smallest absolute Gasteiger partial charge is 0.221 e. The fourth-order valence-electron chi connectivity index (χ4n) is 2.88. The summed E-state index contributed by atoms with van der Waals surface area (Å²) in [5.74, 6) is 0.0640. The Labute approximate surface area is 168 Å². The quantitative estimate of drug-likeness (QED) is 0.554. The lowest BCUT2D eigenvalue weighted by atomic mass is 10.00. The molecule has 0 atom stereocenters. The van der Waals surface area contributed by atoms with Crippen molar-refractivity contribution >= 4 is 11.6 Å². The van der Waals surface area contributed by atoms with E-state index < -0.39 is 0 Å². The molecule has 0 radical (unpaired) electrons. The number of nitrogens with zero attached hydrogens (tertiary/aromatic N) is 5. The molecule has 3 rings (SSSR count). The van der Waals surface area contributed by atoms with Crippen LogP contribution in [0.2, 0.25) is 0 Å². The highest BCUT2D eigenvalue weighted by Gasteiger charge is 2.12. The zero-order valence-electron chi connectivity index (χ0n) is 16.1. The van der Waals surface area contributed by atoms with Gasteiger partial charge in [0.15, 0.2) is 0 Å². The number of nitrogens with one attached hydrogen (secondary N) is 2. The number of benzene rings is 1. The molecule has 1 aromatic carbocycles. The highest BCUT2D eigenvalue weighted by Crippen LogP contribution is 2.26. The van der Waals surface area contributed by atoms with Crippen molar-refractivity contribution < 1.29 is 0 Å². The molecule has 0 aliphatic carbocycles. The van der Waals surface area contributed by atoms with Crippen LogP contribution in [0, 0.1) is 30.7 Å². The Morgan fingerprint density at radius 1 is 1.21 bits per heavy atom. The Kier molecular flexibility index (Phi) is 5.90. The molecule has 0 saturated carbocycles. The minimum atomic E-state index is 0.0640. The fourth-order valence-corrected chi connectivity index (χ4v) is 2.88. The Bertz CT molecular complexity index is 1130. The number of rotatable bonds is 6. The molecule has 8 heteroatoms. The van der Waals surface area contributed by atoms with E-state index in [2.05, 4.69) is 31.5 Å².